The minimum atomic E-state index is -0.399. The van der Waals surface area contributed by atoms with Gasteiger partial charge in [0, 0.05) is 6.42 Å². The predicted octanol–water partition coefficient (Wildman–Crippen LogP) is 0.535. The van der Waals surface area contributed by atoms with Crippen molar-refractivity contribution in [3.8, 4) is 0 Å². The molecule has 0 aromatic rings. The van der Waals surface area contributed by atoms with Crippen molar-refractivity contribution < 1.29 is 19.3 Å². The first-order valence-electron chi connectivity index (χ1n) is 4.71. The maximum Gasteiger partial charge on any atom is 0.160 e. The van der Waals surface area contributed by atoms with Gasteiger partial charge in [0.1, 0.15) is 0 Å². The second-order valence-corrected chi connectivity index (χ2v) is 3.42. The van der Waals surface area contributed by atoms with Gasteiger partial charge in [0.15, 0.2) is 6.29 Å². The topological polar surface area (TPSA) is 47.9 Å². The van der Waals surface area contributed by atoms with Gasteiger partial charge >= 0.3 is 0 Å². The fraction of sp³-hybridized carbons (Fsp3) is 1.00. The van der Waals surface area contributed by atoms with Crippen LogP contribution in [0.4, 0.5) is 0 Å². The second kappa shape index (κ2) is 5.54. The van der Waals surface area contributed by atoms with E-state index in [1.165, 1.54) is 0 Å². The zero-order valence-corrected chi connectivity index (χ0v) is 8.23. The summed E-state index contributed by atoms with van der Waals surface area (Å²) < 4.78 is 15.9. The van der Waals surface area contributed by atoms with Gasteiger partial charge in [0.25, 0.3) is 0 Å². The molecule has 13 heavy (non-hydrogen) atoms. The SMILES string of the molecule is CC(O)COCCC1OCC(C)O1. The van der Waals surface area contributed by atoms with Crippen molar-refractivity contribution >= 4 is 0 Å². The van der Waals surface area contributed by atoms with Crippen LogP contribution in [0, 0.1) is 0 Å². The molecule has 3 atom stereocenters. The fourth-order valence-electron chi connectivity index (χ4n) is 1.17. The van der Waals surface area contributed by atoms with Crippen LogP contribution in [0.15, 0.2) is 0 Å². The Morgan fingerprint density at radius 3 is 2.92 bits per heavy atom. The Kier molecular flexibility index (Phi) is 4.66. The Balaban J connectivity index is 1.94. The van der Waals surface area contributed by atoms with Gasteiger partial charge in [-0.15, -0.1) is 0 Å². The molecule has 4 nitrogen and oxygen atoms in total. The normalized spacial score (nSPS) is 30.7. The molecular weight excluding hydrogens is 172 g/mol. The summed E-state index contributed by atoms with van der Waals surface area (Å²) in [6.07, 6.45) is 0.409. The third-order valence-corrected chi connectivity index (χ3v) is 1.76. The van der Waals surface area contributed by atoms with E-state index >= 15 is 0 Å². The first-order chi connectivity index (χ1) is 6.18. The molecule has 1 saturated heterocycles. The summed E-state index contributed by atoms with van der Waals surface area (Å²) >= 11 is 0. The Hall–Kier alpha value is -0.160. The number of aliphatic hydroxyl groups excluding tert-OH is 1. The molecule has 0 aromatic heterocycles. The average Bonchev–Trinajstić information content (AvgIpc) is 2.45. The van der Waals surface area contributed by atoms with Gasteiger partial charge in [-0.25, -0.2) is 0 Å². The van der Waals surface area contributed by atoms with Gasteiger partial charge in [-0.05, 0) is 13.8 Å². The molecule has 1 N–H and O–H groups in total. The number of rotatable bonds is 5. The molecule has 4 heteroatoms. The van der Waals surface area contributed by atoms with E-state index < -0.39 is 6.10 Å². The lowest BCUT2D eigenvalue weighted by molar-refractivity contribution is -0.0765. The Bertz CT molecular complexity index is 138. The van der Waals surface area contributed by atoms with Gasteiger partial charge in [-0.2, -0.15) is 0 Å². The van der Waals surface area contributed by atoms with E-state index in [0.29, 0.717) is 19.8 Å². The quantitative estimate of drug-likeness (QED) is 0.643. The number of aliphatic hydroxyl groups is 1. The summed E-state index contributed by atoms with van der Waals surface area (Å²) in [4.78, 5) is 0. The predicted molar refractivity (Wildman–Crippen MR) is 47.4 cm³/mol. The lowest BCUT2D eigenvalue weighted by atomic mass is 10.4. The third kappa shape index (κ3) is 4.57. The first-order valence-corrected chi connectivity index (χ1v) is 4.71. The van der Waals surface area contributed by atoms with Crippen LogP contribution in [0.3, 0.4) is 0 Å². The first kappa shape index (κ1) is 10.9. The maximum absolute atomic E-state index is 8.90. The molecule has 78 valence electrons. The Morgan fingerprint density at radius 2 is 2.38 bits per heavy atom. The molecule has 1 heterocycles. The zero-order valence-electron chi connectivity index (χ0n) is 8.23. The minimum Gasteiger partial charge on any atom is -0.391 e. The molecule has 0 aliphatic carbocycles. The summed E-state index contributed by atoms with van der Waals surface area (Å²) in [6.45, 7) is 5.30. The fourth-order valence-corrected chi connectivity index (χ4v) is 1.17. The highest BCUT2D eigenvalue weighted by Gasteiger charge is 2.21. The smallest absolute Gasteiger partial charge is 0.160 e. The van der Waals surface area contributed by atoms with Crippen LogP contribution >= 0.6 is 0 Å². The van der Waals surface area contributed by atoms with E-state index in [0.717, 1.165) is 6.42 Å². The standard InChI is InChI=1S/C9H18O4/c1-7(10)5-11-4-3-9-12-6-8(2)13-9/h7-10H,3-6H2,1-2H3. The lowest BCUT2D eigenvalue weighted by Crippen LogP contribution is -2.16. The van der Waals surface area contributed by atoms with Crippen LogP contribution in [-0.2, 0) is 14.2 Å². The van der Waals surface area contributed by atoms with Crippen molar-refractivity contribution in [2.45, 2.75) is 38.8 Å². The number of hydrogen-bond donors (Lipinski definition) is 1. The molecule has 0 aromatic carbocycles. The van der Waals surface area contributed by atoms with Gasteiger partial charge in [-0.3, -0.25) is 0 Å². The molecule has 0 saturated carbocycles. The highest BCUT2D eigenvalue weighted by atomic mass is 16.7. The molecule has 0 spiro atoms. The van der Waals surface area contributed by atoms with Gasteiger partial charge in [0.2, 0.25) is 0 Å². The van der Waals surface area contributed by atoms with E-state index in [1.54, 1.807) is 6.92 Å². The zero-order chi connectivity index (χ0) is 9.68. The van der Waals surface area contributed by atoms with Crippen LogP contribution in [0.1, 0.15) is 20.3 Å². The number of hydrogen-bond acceptors (Lipinski definition) is 4. The highest BCUT2D eigenvalue weighted by Crippen LogP contribution is 2.13. The largest absolute Gasteiger partial charge is 0.391 e. The van der Waals surface area contributed by atoms with Crippen molar-refractivity contribution in [3.63, 3.8) is 0 Å². The Morgan fingerprint density at radius 1 is 1.62 bits per heavy atom. The molecule has 0 amide bonds. The van der Waals surface area contributed by atoms with Gasteiger partial charge in [0.05, 0.1) is 32.0 Å². The van der Waals surface area contributed by atoms with E-state index in [2.05, 4.69) is 0 Å². The summed E-state index contributed by atoms with van der Waals surface area (Å²) in [5, 5.41) is 8.90. The maximum atomic E-state index is 8.90. The average molecular weight is 190 g/mol. The van der Waals surface area contributed by atoms with Crippen molar-refractivity contribution in [2.75, 3.05) is 19.8 Å². The van der Waals surface area contributed by atoms with Crippen LogP contribution in [0.25, 0.3) is 0 Å². The summed E-state index contributed by atoms with van der Waals surface area (Å²) in [5.41, 5.74) is 0. The third-order valence-electron chi connectivity index (χ3n) is 1.76. The molecule has 1 fully saturated rings. The van der Waals surface area contributed by atoms with E-state index in [4.69, 9.17) is 19.3 Å². The summed E-state index contributed by atoms with van der Waals surface area (Å²) in [7, 11) is 0. The van der Waals surface area contributed by atoms with Crippen molar-refractivity contribution in [2.24, 2.45) is 0 Å². The summed E-state index contributed by atoms with van der Waals surface area (Å²) in [5.74, 6) is 0. The van der Waals surface area contributed by atoms with Gasteiger partial charge < -0.3 is 19.3 Å². The van der Waals surface area contributed by atoms with E-state index in [9.17, 15) is 0 Å². The van der Waals surface area contributed by atoms with E-state index in [-0.39, 0.29) is 12.4 Å². The molecule has 0 radical (unpaired) electrons. The van der Waals surface area contributed by atoms with Crippen LogP contribution in [0.5, 0.6) is 0 Å². The number of ether oxygens (including phenoxy) is 3. The van der Waals surface area contributed by atoms with Crippen LogP contribution < -0.4 is 0 Å². The van der Waals surface area contributed by atoms with Gasteiger partial charge in [-0.1, -0.05) is 0 Å². The Labute approximate surface area is 78.8 Å². The monoisotopic (exact) mass is 190 g/mol. The van der Waals surface area contributed by atoms with Crippen LogP contribution in [0.2, 0.25) is 0 Å². The van der Waals surface area contributed by atoms with Crippen molar-refractivity contribution in [1.82, 2.24) is 0 Å². The minimum absolute atomic E-state index is 0.121. The van der Waals surface area contributed by atoms with Crippen LogP contribution in [-0.4, -0.2) is 43.4 Å². The second-order valence-electron chi connectivity index (χ2n) is 3.42. The molecule has 1 aliphatic rings. The molecular formula is C9H18O4. The van der Waals surface area contributed by atoms with E-state index in [1.807, 2.05) is 6.92 Å². The molecule has 1 aliphatic heterocycles. The van der Waals surface area contributed by atoms with Crippen molar-refractivity contribution in [1.29, 1.82) is 0 Å². The van der Waals surface area contributed by atoms with Crippen molar-refractivity contribution in [3.05, 3.63) is 0 Å². The lowest BCUT2D eigenvalue weighted by Gasteiger charge is -2.10. The molecule has 0 bridgehead atoms. The molecule has 3 unspecified atom stereocenters. The molecule has 1 rings (SSSR count). The summed E-state index contributed by atoms with van der Waals surface area (Å²) in [6, 6.07) is 0. The highest BCUT2D eigenvalue weighted by molar-refractivity contribution is 4.59.